The van der Waals surface area contributed by atoms with E-state index in [0.29, 0.717) is 0 Å². The molecule has 0 atom stereocenters. The third-order valence-corrected chi connectivity index (χ3v) is 6.73. The van der Waals surface area contributed by atoms with Gasteiger partial charge in [0.25, 0.3) is 0 Å². The second kappa shape index (κ2) is 22.1. The third kappa shape index (κ3) is 17.5. The largest absolute Gasteiger partial charge is 0.291 e. The van der Waals surface area contributed by atoms with Crippen molar-refractivity contribution in [2.75, 3.05) is 33.1 Å². The van der Waals surface area contributed by atoms with Crippen molar-refractivity contribution in [3.05, 3.63) is 0 Å². The minimum absolute atomic E-state index is 1.09. The quantitative estimate of drug-likeness (QED) is 0.178. The highest BCUT2D eigenvalue weighted by Gasteiger charge is 2.15. The Morgan fingerprint density at radius 2 is 0.733 bits per heavy atom. The number of hydrogen-bond donors (Lipinski definition) is 1. The zero-order chi connectivity index (χ0) is 21.5. The molecule has 180 valence electrons. The van der Waals surface area contributed by atoms with Gasteiger partial charge in [-0.25, -0.2) is 0 Å². The summed E-state index contributed by atoms with van der Waals surface area (Å²) < 4.78 is 0. The van der Waals surface area contributed by atoms with Crippen molar-refractivity contribution in [2.45, 2.75) is 142 Å². The molecule has 0 unspecified atom stereocenters. The van der Waals surface area contributed by atoms with Crippen molar-refractivity contribution in [3.8, 4) is 0 Å². The summed E-state index contributed by atoms with van der Waals surface area (Å²) in [7, 11) is 0. The number of hydrogen-bond acceptors (Lipinski definition) is 3. The van der Waals surface area contributed by atoms with E-state index >= 15 is 0 Å². The highest BCUT2D eigenvalue weighted by molar-refractivity contribution is 4.66. The van der Waals surface area contributed by atoms with Crippen LogP contribution in [0.15, 0.2) is 0 Å². The molecule has 0 saturated carbocycles. The van der Waals surface area contributed by atoms with E-state index in [0.717, 1.165) is 13.3 Å². The first-order valence-electron chi connectivity index (χ1n) is 14.0. The lowest BCUT2D eigenvalue weighted by Crippen LogP contribution is -2.53. The summed E-state index contributed by atoms with van der Waals surface area (Å²) >= 11 is 0. The van der Waals surface area contributed by atoms with E-state index in [9.17, 15) is 0 Å². The molecule has 30 heavy (non-hydrogen) atoms. The summed E-state index contributed by atoms with van der Waals surface area (Å²) in [6, 6.07) is 0. The Bertz CT molecular complexity index is 304. The number of nitrogens with one attached hydrogen (secondary N) is 1. The van der Waals surface area contributed by atoms with Gasteiger partial charge in [0.15, 0.2) is 0 Å². The van der Waals surface area contributed by atoms with Crippen LogP contribution in [0.25, 0.3) is 0 Å². The van der Waals surface area contributed by atoms with Crippen LogP contribution in [-0.4, -0.2) is 42.9 Å². The fourth-order valence-corrected chi connectivity index (χ4v) is 4.69. The summed E-state index contributed by atoms with van der Waals surface area (Å²) in [4.78, 5) is 5.23. The van der Waals surface area contributed by atoms with E-state index in [1.807, 2.05) is 0 Å². The number of unbranched alkanes of at least 4 members (excludes halogenated alkanes) is 18. The average molecular weight is 424 g/mol. The maximum atomic E-state index is 3.61. The normalized spacial score (nSPS) is 15.8. The fraction of sp³-hybridized carbons (Fsp3) is 1.00. The molecule has 3 heteroatoms. The zero-order valence-electron chi connectivity index (χ0n) is 21.1. The summed E-state index contributed by atoms with van der Waals surface area (Å²) in [6.07, 6.45) is 28.6. The van der Waals surface area contributed by atoms with Gasteiger partial charge in [0.1, 0.15) is 0 Å². The number of nitrogens with zero attached hydrogens (tertiary/aromatic N) is 2. The van der Waals surface area contributed by atoms with Gasteiger partial charge in [0, 0.05) is 13.1 Å². The lowest BCUT2D eigenvalue weighted by molar-refractivity contribution is 0.0629. The molecule has 1 rings (SSSR count). The van der Waals surface area contributed by atoms with Crippen LogP contribution in [0.3, 0.4) is 0 Å². The van der Waals surface area contributed by atoms with Gasteiger partial charge in [0.05, 0.1) is 20.0 Å². The Morgan fingerprint density at radius 1 is 0.433 bits per heavy atom. The SMILES string of the molecule is CCCCCCCCCCCCN1CNCN(CCCCCCCCCCCC)C1. The second-order valence-corrected chi connectivity index (χ2v) is 9.86. The predicted molar refractivity (Wildman–Crippen MR) is 135 cm³/mol. The summed E-state index contributed by atoms with van der Waals surface area (Å²) in [5.41, 5.74) is 0. The maximum Gasteiger partial charge on any atom is 0.0529 e. The van der Waals surface area contributed by atoms with E-state index in [-0.39, 0.29) is 0 Å². The Labute approximate surface area is 190 Å². The lowest BCUT2D eigenvalue weighted by atomic mass is 10.1. The molecule has 1 saturated heterocycles. The summed E-state index contributed by atoms with van der Waals surface area (Å²) in [5.74, 6) is 0. The van der Waals surface area contributed by atoms with Gasteiger partial charge in [-0.2, -0.15) is 0 Å². The van der Waals surface area contributed by atoms with Crippen LogP contribution in [0.4, 0.5) is 0 Å². The molecule has 1 aliphatic heterocycles. The molecular formula is C27H57N3. The van der Waals surface area contributed by atoms with Crippen LogP contribution >= 0.6 is 0 Å². The molecule has 0 amide bonds. The minimum Gasteiger partial charge on any atom is -0.291 e. The molecule has 1 fully saturated rings. The molecule has 0 aromatic carbocycles. The van der Waals surface area contributed by atoms with Crippen molar-refractivity contribution in [3.63, 3.8) is 0 Å². The van der Waals surface area contributed by atoms with Crippen molar-refractivity contribution in [2.24, 2.45) is 0 Å². The van der Waals surface area contributed by atoms with Crippen LogP contribution in [0, 0.1) is 0 Å². The predicted octanol–water partition coefficient (Wildman–Crippen LogP) is 7.91. The van der Waals surface area contributed by atoms with E-state index in [4.69, 9.17) is 0 Å². The van der Waals surface area contributed by atoms with Crippen molar-refractivity contribution in [1.29, 1.82) is 0 Å². The lowest BCUT2D eigenvalue weighted by Gasteiger charge is -2.36. The average Bonchev–Trinajstić information content (AvgIpc) is 2.76. The standard InChI is InChI=1S/C27H57N3/c1-3-5-7-9-11-13-15-17-19-21-23-29-25-28-26-30(27-29)24-22-20-18-16-14-12-10-8-6-4-2/h28H,3-27H2,1-2H3. The van der Waals surface area contributed by atoms with E-state index < -0.39 is 0 Å². The Kier molecular flexibility index (Phi) is 20.6. The van der Waals surface area contributed by atoms with Crippen molar-refractivity contribution in [1.82, 2.24) is 15.1 Å². The molecule has 0 aromatic rings. The smallest absolute Gasteiger partial charge is 0.0529 e. The molecule has 0 bridgehead atoms. The Morgan fingerprint density at radius 3 is 1.07 bits per heavy atom. The Balaban J connectivity index is 1.86. The minimum atomic E-state index is 1.09. The molecular weight excluding hydrogens is 366 g/mol. The van der Waals surface area contributed by atoms with E-state index in [2.05, 4.69) is 29.0 Å². The van der Waals surface area contributed by atoms with Gasteiger partial charge < -0.3 is 0 Å². The van der Waals surface area contributed by atoms with Crippen molar-refractivity contribution >= 4 is 0 Å². The molecule has 1 N–H and O–H groups in total. The first kappa shape index (κ1) is 27.9. The highest BCUT2D eigenvalue weighted by atomic mass is 15.4. The third-order valence-electron chi connectivity index (χ3n) is 6.73. The van der Waals surface area contributed by atoms with Crippen LogP contribution in [-0.2, 0) is 0 Å². The first-order chi connectivity index (χ1) is 14.9. The van der Waals surface area contributed by atoms with Crippen LogP contribution in [0.1, 0.15) is 142 Å². The summed E-state index contributed by atoms with van der Waals surface area (Å²) in [5, 5.41) is 3.61. The van der Waals surface area contributed by atoms with Gasteiger partial charge in [-0.3, -0.25) is 15.1 Å². The molecule has 0 spiro atoms. The van der Waals surface area contributed by atoms with E-state index in [1.54, 1.807) is 0 Å². The molecule has 0 aromatic heterocycles. The molecule has 1 aliphatic rings. The van der Waals surface area contributed by atoms with Gasteiger partial charge >= 0.3 is 0 Å². The second-order valence-electron chi connectivity index (χ2n) is 9.86. The van der Waals surface area contributed by atoms with Gasteiger partial charge in [-0.05, 0) is 12.8 Å². The van der Waals surface area contributed by atoms with Gasteiger partial charge in [0.2, 0.25) is 0 Å². The monoisotopic (exact) mass is 423 g/mol. The fourth-order valence-electron chi connectivity index (χ4n) is 4.69. The van der Waals surface area contributed by atoms with Crippen LogP contribution < -0.4 is 5.32 Å². The molecule has 3 nitrogen and oxygen atoms in total. The van der Waals surface area contributed by atoms with Gasteiger partial charge in [-0.15, -0.1) is 0 Å². The maximum absolute atomic E-state index is 3.61. The summed E-state index contributed by atoms with van der Waals surface area (Å²) in [6.45, 7) is 10.5. The van der Waals surface area contributed by atoms with E-state index in [1.165, 1.54) is 148 Å². The molecule has 1 heterocycles. The van der Waals surface area contributed by atoms with Crippen LogP contribution in [0.5, 0.6) is 0 Å². The Hall–Kier alpha value is -0.120. The van der Waals surface area contributed by atoms with Crippen molar-refractivity contribution < 1.29 is 0 Å². The zero-order valence-corrected chi connectivity index (χ0v) is 21.1. The van der Waals surface area contributed by atoms with Crippen LogP contribution in [0.2, 0.25) is 0 Å². The van der Waals surface area contributed by atoms with Gasteiger partial charge in [-0.1, -0.05) is 129 Å². The first-order valence-corrected chi connectivity index (χ1v) is 14.0. The molecule has 0 aliphatic carbocycles. The number of rotatable bonds is 22. The highest BCUT2D eigenvalue weighted by Crippen LogP contribution is 2.13. The topological polar surface area (TPSA) is 18.5 Å². The molecule has 0 radical (unpaired) electrons.